The second-order valence-electron chi connectivity index (χ2n) is 5.86. The molecule has 0 aromatic heterocycles. The molecule has 0 spiro atoms. The average Bonchev–Trinajstić information content (AvgIpc) is 2.87. The number of carbonyl (C=O) groups is 1. The van der Waals surface area contributed by atoms with Crippen molar-refractivity contribution in [2.24, 2.45) is 0 Å². The molecular formula is C19H17ClO4S. The van der Waals surface area contributed by atoms with E-state index < -0.39 is 15.1 Å². The lowest BCUT2D eigenvalue weighted by Gasteiger charge is -2.16. The van der Waals surface area contributed by atoms with Crippen LogP contribution in [0.25, 0.3) is 5.57 Å². The Morgan fingerprint density at radius 2 is 1.84 bits per heavy atom. The molecule has 0 saturated carbocycles. The molecule has 2 aromatic rings. The van der Waals surface area contributed by atoms with Gasteiger partial charge in [0.15, 0.2) is 9.84 Å². The standard InChI is InChI=1S/C19H17ClO4S/c1-12-16(9-10-21)18-11-14(24-2)5-8-17(18)19(12)25(22,23)15-6-3-13(20)4-7-15/h3-8,10-11,19H,9H2,1-2H3. The highest BCUT2D eigenvalue weighted by Crippen LogP contribution is 2.48. The van der Waals surface area contributed by atoms with Crippen LogP contribution in [0.15, 0.2) is 52.9 Å². The molecule has 0 bridgehead atoms. The molecule has 1 atom stereocenters. The molecule has 6 heteroatoms. The molecule has 2 aromatic carbocycles. The van der Waals surface area contributed by atoms with Crippen LogP contribution in [0.5, 0.6) is 5.75 Å². The quantitative estimate of drug-likeness (QED) is 0.732. The van der Waals surface area contributed by atoms with Gasteiger partial charge in [0.25, 0.3) is 0 Å². The third-order valence-electron chi connectivity index (χ3n) is 4.48. The second-order valence-corrected chi connectivity index (χ2v) is 8.33. The topological polar surface area (TPSA) is 60.4 Å². The molecule has 3 rings (SSSR count). The zero-order valence-corrected chi connectivity index (χ0v) is 15.4. The number of methoxy groups -OCH3 is 1. The van der Waals surface area contributed by atoms with Crippen LogP contribution in [-0.4, -0.2) is 21.8 Å². The Bertz CT molecular complexity index is 959. The Kier molecular flexibility index (Phi) is 4.71. The summed E-state index contributed by atoms with van der Waals surface area (Å²) >= 11 is 5.87. The van der Waals surface area contributed by atoms with Gasteiger partial charge in [-0.25, -0.2) is 8.42 Å². The zero-order valence-electron chi connectivity index (χ0n) is 13.8. The van der Waals surface area contributed by atoms with Crippen molar-refractivity contribution in [2.75, 3.05) is 7.11 Å². The van der Waals surface area contributed by atoms with E-state index in [0.29, 0.717) is 21.9 Å². The minimum absolute atomic E-state index is 0.165. The van der Waals surface area contributed by atoms with Gasteiger partial charge in [0, 0.05) is 11.4 Å². The van der Waals surface area contributed by atoms with Crippen LogP contribution in [0, 0.1) is 0 Å². The molecule has 1 aliphatic rings. The highest BCUT2D eigenvalue weighted by molar-refractivity contribution is 7.92. The lowest BCUT2D eigenvalue weighted by atomic mass is 10.0. The maximum atomic E-state index is 13.2. The fourth-order valence-electron chi connectivity index (χ4n) is 3.27. The van der Waals surface area contributed by atoms with Gasteiger partial charge >= 0.3 is 0 Å². The lowest BCUT2D eigenvalue weighted by molar-refractivity contribution is -0.107. The van der Waals surface area contributed by atoms with Crippen molar-refractivity contribution in [1.29, 1.82) is 0 Å². The normalized spacial score (nSPS) is 16.7. The second kappa shape index (κ2) is 6.65. The van der Waals surface area contributed by atoms with Crippen LogP contribution in [0.3, 0.4) is 0 Å². The molecule has 25 heavy (non-hydrogen) atoms. The van der Waals surface area contributed by atoms with E-state index >= 15 is 0 Å². The number of sulfone groups is 1. The Hall–Kier alpha value is -2.11. The van der Waals surface area contributed by atoms with Crippen molar-refractivity contribution < 1.29 is 17.9 Å². The minimum atomic E-state index is -3.66. The molecule has 0 amide bonds. The Labute approximate surface area is 152 Å². The van der Waals surface area contributed by atoms with Gasteiger partial charge in [-0.3, -0.25) is 0 Å². The minimum Gasteiger partial charge on any atom is -0.497 e. The van der Waals surface area contributed by atoms with E-state index in [1.807, 2.05) is 0 Å². The fourth-order valence-corrected chi connectivity index (χ4v) is 5.33. The summed E-state index contributed by atoms with van der Waals surface area (Å²) in [6, 6.07) is 11.4. The average molecular weight is 377 g/mol. The summed E-state index contributed by atoms with van der Waals surface area (Å²) in [5.74, 6) is 0.625. The van der Waals surface area contributed by atoms with Gasteiger partial charge in [-0.05, 0) is 65.6 Å². The molecule has 0 fully saturated rings. The van der Waals surface area contributed by atoms with E-state index in [-0.39, 0.29) is 11.3 Å². The molecule has 0 heterocycles. The number of aldehydes is 1. The molecule has 130 valence electrons. The number of allylic oxidation sites excluding steroid dienone is 1. The van der Waals surface area contributed by atoms with E-state index in [0.717, 1.165) is 17.4 Å². The molecule has 1 unspecified atom stereocenters. The Morgan fingerprint density at radius 3 is 2.44 bits per heavy atom. The van der Waals surface area contributed by atoms with Crippen LogP contribution in [0.4, 0.5) is 0 Å². The van der Waals surface area contributed by atoms with Crippen molar-refractivity contribution in [3.05, 3.63) is 64.2 Å². The molecule has 0 saturated heterocycles. The van der Waals surface area contributed by atoms with Gasteiger partial charge in [0.05, 0.1) is 12.0 Å². The van der Waals surface area contributed by atoms with Gasteiger partial charge in [0.1, 0.15) is 17.3 Å². The van der Waals surface area contributed by atoms with Gasteiger partial charge < -0.3 is 9.53 Å². The van der Waals surface area contributed by atoms with E-state index in [4.69, 9.17) is 16.3 Å². The molecular weight excluding hydrogens is 360 g/mol. The van der Waals surface area contributed by atoms with E-state index in [9.17, 15) is 13.2 Å². The number of fused-ring (bicyclic) bond motifs is 1. The summed E-state index contributed by atoms with van der Waals surface area (Å²) in [5.41, 5.74) is 2.84. The number of ether oxygens (including phenoxy) is 1. The molecule has 1 aliphatic carbocycles. The first-order chi connectivity index (χ1) is 11.9. The van der Waals surface area contributed by atoms with Crippen molar-refractivity contribution in [1.82, 2.24) is 0 Å². The highest BCUT2D eigenvalue weighted by atomic mass is 35.5. The van der Waals surface area contributed by atoms with E-state index in [1.165, 1.54) is 12.1 Å². The Balaban J connectivity index is 2.19. The number of rotatable bonds is 5. The van der Waals surface area contributed by atoms with Crippen molar-refractivity contribution in [3.8, 4) is 5.75 Å². The number of hydrogen-bond acceptors (Lipinski definition) is 4. The summed E-state index contributed by atoms with van der Waals surface area (Å²) in [6.07, 6.45) is 0.956. The predicted octanol–water partition coefficient (Wildman–Crippen LogP) is 4.24. The summed E-state index contributed by atoms with van der Waals surface area (Å²) in [5, 5.41) is -0.339. The monoisotopic (exact) mass is 376 g/mol. The molecule has 0 radical (unpaired) electrons. The number of halogens is 1. The number of hydrogen-bond donors (Lipinski definition) is 0. The van der Waals surface area contributed by atoms with Gasteiger partial charge in [0.2, 0.25) is 0 Å². The van der Waals surface area contributed by atoms with Crippen molar-refractivity contribution in [2.45, 2.75) is 23.5 Å². The molecule has 4 nitrogen and oxygen atoms in total. The first-order valence-corrected chi connectivity index (χ1v) is 9.63. The largest absolute Gasteiger partial charge is 0.497 e. The number of benzene rings is 2. The van der Waals surface area contributed by atoms with Crippen LogP contribution < -0.4 is 4.74 Å². The zero-order chi connectivity index (χ0) is 18.2. The van der Waals surface area contributed by atoms with Crippen LogP contribution in [-0.2, 0) is 14.6 Å². The third-order valence-corrected chi connectivity index (χ3v) is 6.89. The van der Waals surface area contributed by atoms with Gasteiger partial charge in [-0.15, -0.1) is 0 Å². The SMILES string of the molecule is COc1ccc2c(c1)C(CC=O)=C(C)C2S(=O)(=O)c1ccc(Cl)cc1. The summed E-state index contributed by atoms with van der Waals surface area (Å²) < 4.78 is 31.7. The molecule has 0 aliphatic heterocycles. The third kappa shape index (κ3) is 2.98. The maximum Gasteiger partial charge on any atom is 0.189 e. The lowest BCUT2D eigenvalue weighted by Crippen LogP contribution is -2.13. The summed E-state index contributed by atoms with van der Waals surface area (Å²) in [6.45, 7) is 1.77. The summed E-state index contributed by atoms with van der Waals surface area (Å²) in [7, 11) is -2.11. The summed E-state index contributed by atoms with van der Waals surface area (Å²) in [4.78, 5) is 11.3. The van der Waals surface area contributed by atoms with Gasteiger partial charge in [-0.2, -0.15) is 0 Å². The first-order valence-electron chi connectivity index (χ1n) is 7.71. The fraction of sp³-hybridized carbons (Fsp3) is 0.211. The maximum absolute atomic E-state index is 13.2. The smallest absolute Gasteiger partial charge is 0.189 e. The van der Waals surface area contributed by atoms with E-state index in [1.54, 1.807) is 44.4 Å². The number of carbonyl (C=O) groups excluding carboxylic acids is 1. The molecule has 0 N–H and O–H groups in total. The van der Waals surface area contributed by atoms with Crippen molar-refractivity contribution in [3.63, 3.8) is 0 Å². The first kappa shape index (κ1) is 17.7. The predicted molar refractivity (Wildman–Crippen MR) is 97.6 cm³/mol. The Morgan fingerprint density at radius 1 is 1.16 bits per heavy atom. The van der Waals surface area contributed by atoms with Gasteiger partial charge in [-0.1, -0.05) is 17.7 Å². The highest BCUT2D eigenvalue weighted by Gasteiger charge is 2.38. The van der Waals surface area contributed by atoms with Crippen LogP contribution >= 0.6 is 11.6 Å². The van der Waals surface area contributed by atoms with Crippen LogP contribution in [0.2, 0.25) is 5.02 Å². The van der Waals surface area contributed by atoms with E-state index in [2.05, 4.69) is 0 Å². The van der Waals surface area contributed by atoms with Crippen LogP contribution in [0.1, 0.15) is 29.7 Å². The van der Waals surface area contributed by atoms with Crippen molar-refractivity contribution >= 4 is 33.3 Å².